The Morgan fingerprint density at radius 3 is 2.05 bits per heavy atom. The molecule has 210 valence electrons. The number of amides is 2. The van der Waals surface area contributed by atoms with E-state index >= 15 is 0 Å². The maximum Gasteiger partial charge on any atom is 0.318 e. The number of piperidine rings is 1. The molecule has 0 radical (unpaired) electrons. The number of nitrogens with one attached hydrogen (secondary N) is 1. The van der Waals surface area contributed by atoms with E-state index in [9.17, 15) is 4.79 Å². The number of hydrogen-bond donors (Lipinski definition) is 1. The lowest BCUT2D eigenvalue weighted by Gasteiger charge is -2.38. The van der Waals surface area contributed by atoms with Crippen molar-refractivity contribution >= 4 is 6.03 Å². The molecule has 2 fully saturated rings. The van der Waals surface area contributed by atoms with E-state index in [1.165, 1.54) is 25.9 Å². The van der Waals surface area contributed by atoms with Gasteiger partial charge < -0.3 is 15.1 Å². The average molecular weight is 529 g/mol. The summed E-state index contributed by atoms with van der Waals surface area (Å²) in [6.07, 6.45) is 13.1. The number of carbonyl (C=O) groups is 1. The van der Waals surface area contributed by atoms with E-state index in [1.807, 2.05) is 72.5 Å². The molecule has 1 N–H and O–H groups in total. The fourth-order valence-corrected chi connectivity index (χ4v) is 5.48. The normalized spacial score (nSPS) is 18.5. The summed E-state index contributed by atoms with van der Waals surface area (Å²) in [5.41, 5.74) is 2.22. The number of urea groups is 1. The van der Waals surface area contributed by atoms with Crippen molar-refractivity contribution in [3.05, 3.63) is 109 Å². The van der Waals surface area contributed by atoms with Crippen LogP contribution in [0.15, 0.2) is 97.6 Å². The van der Waals surface area contributed by atoms with Crippen molar-refractivity contribution in [3.8, 4) is 0 Å². The zero-order chi connectivity index (χ0) is 27.9. The molecule has 0 saturated carbocycles. The summed E-state index contributed by atoms with van der Waals surface area (Å²) >= 11 is 0. The summed E-state index contributed by atoms with van der Waals surface area (Å²) in [6, 6.07) is 21.0. The molecule has 1 atom stereocenters. The first-order valence-electron chi connectivity index (χ1n) is 14.5. The number of benzene rings is 2. The molecule has 2 heterocycles. The topological polar surface area (TPSA) is 38.8 Å². The predicted molar refractivity (Wildman–Crippen MR) is 165 cm³/mol. The first-order chi connectivity index (χ1) is 19.0. The number of allylic oxidation sites excluding steroid dienone is 5. The third-order valence-corrected chi connectivity index (χ3v) is 7.92. The molecule has 0 aliphatic carbocycles. The van der Waals surface area contributed by atoms with Crippen LogP contribution in [0.25, 0.3) is 0 Å². The maximum atomic E-state index is 13.3. The summed E-state index contributed by atoms with van der Waals surface area (Å²) in [5.74, 6) is 0.770. The molecular formula is C34H48N4O. The van der Waals surface area contributed by atoms with E-state index < -0.39 is 0 Å². The average Bonchev–Trinajstić information content (AvgIpc) is 3.24. The first kappa shape index (κ1) is 30.4. The fourth-order valence-electron chi connectivity index (χ4n) is 5.48. The van der Waals surface area contributed by atoms with Crippen LogP contribution >= 0.6 is 0 Å². The zero-order valence-electron chi connectivity index (χ0n) is 24.2. The summed E-state index contributed by atoms with van der Waals surface area (Å²) in [5, 5.41) is 3.32. The first-order valence-corrected chi connectivity index (χ1v) is 14.5. The third kappa shape index (κ3) is 9.83. The third-order valence-electron chi connectivity index (χ3n) is 7.92. The largest absolute Gasteiger partial charge is 0.327 e. The highest BCUT2D eigenvalue weighted by atomic mass is 16.2. The van der Waals surface area contributed by atoms with E-state index in [0.29, 0.717) is 6.04 Å². The molecule has 0 spiro atoms. The van der Waals surface area contributed by atoms with Crippen molar-refractivity contribution < 1.29 is 4.79 Å². The highest BCUT2D eigenvalue weighted by Gasteiger charge is 2.29. The van der Waals surface area contributed by atoms with Gasteiger partial charge in [-0.15, -0.1) is 0 Å². The number of carbonyl (C=O) groups excluding carboxylic acids is 1. The Morgan fingerprint density at radius 1 is 0.872 bits per heavy atom. The van der Waals surface area contributed by atoms with Gasteiger partial charge in [0.1, 0.15) is 0 Å². The lowest BCUT2D eigenvalue weighted by atomic mass is 9.89. The van der Waals surface area contributed by atoms with Gasteiger partial charge in [0.05, 0.1) is 6.04 Å². The molecule has 39 heavy (non-hydrogen) atoms. The number of hydrogen-bond acceptors (Lipinski definition) is 3. The van der Waals surface area contributed by atoms with Gasteiger partial charge in [-0.3, -0.25) is 4.90 Å². The molecule has 2 saturated heterocycles. The van der Waals surface area contributed by atoms with Crippen LogP contribution in [0.4, 0.5) is 4.79 Å². The quantitative estimate of drug-likeness (QED) is 0.416. The summed E-state index contributed by atoms with van der Waals surface area (Å²) < 4.78 is 0. The van der Waals surface area contributed by atoms with Gasteiger partial charge >= 0.3 is 6.03 Å². The highest BCUT2D eigenvalue weighted by molar-refractivity contribution is 5.75. The zero-order valence-corrected chi connectivity index (χ0v) is 24.2. The molecule has 1 unspecified atom stereocenters. The van der Waals surface area contributed by atoms with Gasteiger partial charge in [-0.2, -0.15) is 0 Å². The molecule has 4 rings (SSSR count). The lowest BCUT2D eigenvalue weighted by molar-refractivity contribution is 0.108. The molecule has 5 heteroatoms. The maximum absolute atomic E-state index is 13.3. The van der Waals surface area contributed by atoms with Crippen LogP contribution in [0.2, 0.25) is 0 Å². The standard InChI is InChI=1S/C27H38N4O.C7H10/c1-22(23-14-18-29(2)19-15-23)30-16-9-17-31(21-20-30)27(32)28-26(24-10-5-3-6-11-24)25-12-7-4-8-13-25;1-3-5-7-6-4-2/h3-8,10-13,22-23,26H,9,14-21H2,1-2H3,(H,28,32);3-7H,1H2,2H3/b;6-4-,7-5-. The number of likely N-dealkylation sites (tertiary alicyclic amines) is 1. The SMILES string of the molecule is C=C/C=C\C=C/C.CC(C1CCN(C)CC1)N1CCCN(C(=O)NC(c2ccccc2)c2ccccc2)CC1. The Balaban J connectivity index is 0.000000532. The molecule has 2 amide bonds. The molecule has 2 aromatic carbocycles. The number of rotatable bonds is 7. The van der Waals surface area contributed by atoms with Crippen LogP contribution in [0.1, 0.15) is 50.3 Å². The molecule has 2 aliphatic rings. The molecule has 5 nitrogen and oxygen atoms in total. The van der Waals surface area contributed by atoms with Crippen molar-refractivity contribution in [1.82, 2.24) is 20.0 Å². The Kier molecular flexibility index (Phi) is 13.0. The molecule has 2 aliphatic heterocycles. The Bertz CT molecular complexity index is 988. The van der Waals surface area contributed by atoms with E-state index in [0.717, 1.165) is 49.6 Å². The van der Waals surface area contributed by atoms with Gasteiger partial charge in [0.15, 0.2) is 0 Å². The Morgan fingerprint density at radius 2 is 1.49 bits per heavy atom. The van der Waals surface area contributed by atoms with Crippen LogP contribution < -0.4 is 5.32 Å². The summed E-state index contributed by atoms with van der Waals surface area (Å²) in [6.45, 7) is 13.9. The van der Waals surface area contributed by atoms with Crippen LogP contribution in [-0.4, -0.2) is 73.1 Å². The van der Waals surface area contributed by atoms with E-state index in [1.54, 1.807) is 6.08 Å². The van der Waals surface area contributed by atoms with Crippen LogP contribution in [0.3, 0.4) is 0 Å². The Labute approximate surface area is 236 Å². The van der Waals surface area contributed by atoms with Gasteiger partial charge in [-0.1, -0.05) is 97.6 Å². The van der Waals surface area contributed by atoms with Crippen LogP contribution in [0.5, 0.6) is 0 Å². The smallest absolute Gasteiger partial charge is 0.318 e. The van der Waals surface area contributed by atoms with E-state index in [-0.39, 0.29) is 12.1 Å². The minimum Gasteiger partial charge on any atom is -0.327 e. The minimum atomic E-state index is -0.137. The van der Waals surface area contributed by atoms with E-state index in [2.05, 4.69) is 59.9 Å². The van der Waals surface area contributed by atoms with Gasteiger partial charge in [0.25, 0.3) is 0 Å². The molecular weight excluding hydrogens is 480 g/mol. The van der Waals surface area contributed by atoms with Crippen molar-refractivity contribution in [2.75, 3.05) is 46.3 Å². The van der Waals surface area contributed by atoms with Crippen LogP contribution in [-0.2, 0) is 0 Å². The van der Waals surface area contributed by atoms with E-state index in [4.69, 9.17) is 0 Å². The minimum absolute atomic E-state index is 0.0384. The van der Waals surface area contributed by atoms with Crippen molar-refractivity contribution in [3.63, 3.8) is 0 Å². The van der Waals surface area contributed by atoms with Gasteiger partial charge in [-0.25, -0.2) is 4.79 Å². The second kappa shape index (κ2) is 16.7. The predicted octanol–water partition coefficient (Wildman–Crippen LogP) is 6.53. The highest BCUT2D eigenvalue weighted by Crippen LogP contribution is 2.25. The summed E-state index contributed by atoms with van der Waals surface area (Å²) in [7, 11) is 2.22. The number of nitrogens with zero attached hydrogens (tertiary/aromatic N) is 3. The van der Waals surface area contributed by atoms with Crippen LogP contribution in [0, 0.1) is 5.92 Å². The van der Waals surface area contributed by atoms with Gasteiger partial charge in [-0.05, 0) is 70.3 Å². The second-order valence-electron chi connectivity index (χ2n) is 10.6. The lowest BCUT2D eigenvalue weighted by Crippen LogP contribution is -2.46. The van der Waals surface area contributed by atoms with Gasteiger partial charge in [0.2, 0.25) is 0 Å². The summed E-state index contributed by atoms with van der Waals surface area (Å²) in [4.78, 5) is 20.4. The van der Waals surface area contributed by atoms with Crippen molar-refractivity contribution in [1.29, 1.82) is 0 Å². The monoisotopic (exact) mass is 528 g/mol. The molecule has 0 aromatic heterocycles. The van der Waals surface area contributed by atoms with Crippen molar-refractivity contribution in [2.45, 2.75) is 45.2 Å². The van der Waals surface area contributed by atoms with Crippen molar-refractivity contribution in [2.24, 2.45) is 5.92 Å². The van der Waals surface area contributed by atoms with Gasteiger partial charge in [0, 0.05) is 32.2 Å². The fraction of sp³-hybridized carbons (Fsp3) is 0.441. The molecule has 0 bridgehead atoms. The Hall–Kier alpha value is -3.15. The second-order valence-corrected chi connectivity index (χ2v) is 10.6. The molecule has 2 aromatic rings.